The maximum Gasteiger partial charge on any atom is 0.181 e. The summed E-state index contributed by atoms with van der Waals surface area (Å²) in [5.41, 5.74) is 1.20. The molecule has 2 aromatic rings. The van der Waals surface area contributed by atoms with Crippen molar-refractivity contribution in [3.8, 4) is 11.5 Å². The average Bonchev–Trinajstić information content (AvgIpc) is 2.71. The minimum absolute atomic E-state index is 0.137. The Hall–Kier alpha value is -1.62. The zero-order chi connectivity index (χ0) is 9.26. The van der Waals surface area contributed by atoms with E-state index in [-0.39, 0.29) is 6.61 Å². The van der Waals surface area contributed by atoms with E-state index in [9.17, 15) is 0 Å². The van der Waals surface area contributed by atoms with Crippen LogP contribution in [0.15, 0.2) is 23.3 Å². The molecule has 0 radical (unpaired) electrons. The van der Waals surface area contributed by atoms with Gasteiger partial charge < -0.3 is 14.1 Å². The third kappa shape index (κ3) is 1.33. The molecule has 0 atom stereocenters. The highest BCUT2D eigenvalue weighted by molar-refractivity contribution is 5.53. The second-order valence-electron chi connectivity index (χ2n) is 2.71. The molecule has 0 amide bonds. The van der Waals surface area contributed by atoms with E-state index in [4.69, 9.17) is 9.52 Å². The Bertz CT molecular complexity index is 405. The molecule has 5 nitrogen and oxygen atoms in total. The number of oxazole rings is 1. The van der Waals surface area contributed by atoms with Crippen LogP contribution in [0.25, 0.3) is 11.5 Å². The molecule has 0 aliphatic rings. The van der Waals surface area contributed by atoms with Gasteiger partial charge in [-0.1, -0.05) is 0 Å². The van der Waals surface area contributed by atoms with Gasteiger partial charge in [-0.05, 0) is 0 Å². The van der Waals surface area contributed by atoms with Crippen LogP contribution in [0.5, 0.6) is 0 Å². The summed E-state index contributed by atoms with van der Waals surface area (Å²) in [6.45, 7) is -0.137. The van der Waals surface area contributed by atoms with Crippen LogP contribution >= 0.6 is 0 Å². The molecule has 0 fully saturated rings. The van der Waals surface area contributed by atoms with Crippen molar-refractivity contribution in [1.29, 1.82) is 0 Å². The van der Waals surface area contributed by atoms with Crippen molar-refractivity contribution in [2.45, 2.75) is 6.61 Å². The van der Waals surface area contributed by atoms with E-state index in [0.29, 0.717) is 17.1 Å². The maximum atomic E-state index is 8.92. The number of aromatic nitrogens is 3. The Morgan fingerprint density at radius 2 is 2.38 bits per heavy atom. The largest absolute Gasteiger partial charge is 0.441 e. The average molecular weight is 179 g/mol. The molecule has 1 N–H and O–H groups in total. The molecule has 68 valence electrons. The van der Waals surface area contributed by atoms with Crippen LogP contribution < -0.4 is 0 Å². The van der Waals surface area contributed by atoms with Crippen molar-refractivity contribution in [2.24, 2.45) is 7.05 Å². The molecular formula is C8H9N3O2. The van der Waals surface area contributed by atoms with E-state index in [1.807, 2.05) is 7.05 Å². The third-order valence-electron chi connectivity index (χ3n) is 1.73. The molecule has 0 aliphatic heterocycles. The second kappa shape index (κ2) is 3.02. The van der Waals surface area contributed by atoms with Gasteiger partial charge in [0.2, 0.25) is 0 Å². The Balaban J connectivity index is 2.45. The van der Waals surface area contributed by atoms with Crippen LogP contribution in [-0.4, -0.2) is 19.6 Å². The first kappa shape index (κ1) is 8.00. The molecule has 0 aliphatic carbocycles. The number of aliphatic hydroxyl groups is 1. The number of imidazole rings is 1. The highest BCUT2D eigenvalue weighted by atomic mass is 16.3. The number of hydrogen-bond donors (Lipinski definition) is 1. The number of rotatable bonds is 2. The van der Waals surface area contributed by atoms with E-state index in [1.54, 1.807) is 17.1 Å². The van der Waals surface area contributed by atoms with Crippen molar-refractivity contribution in [3.63, 3.8) is 0 Å². The van der Waals surface area contributed by atoms with Gasteiger partial charge in [-0.2, -0.15) is 0 Å². The predicted molar refractivity (Wildman–Crippen MR) is 44.6 cm³/mol. The van der Waals surface area contributed by atoms with Gasteiger partial charge in [-0.3, -0.25) is 0 Å². The molecule has 0 spiro atoms. The summed E-state index contributed by atoms with van der Waals surface area (Å²) in [5.74, 6) is 0.531. The molecule has 5 heteroatoms. The molecule has 0 aromatic carbocycles. The van der Waals surface area contributed by atoms with E-state index in [0.717, 1.165) is 0 Å². The van der Waals surface area contributed by atoms with E-state index in [1.165, 1.54) is 6.39 Å². The Morgan fingerprint density at radius 1 is 1.54 bits per heavy atom. The number of nitrogens with zero attached hydrogens (tertiary/aromatic N) is 3. The monoisotopic (exact) mass is 179 g/mol. The molecule has 0 bridgehead atoms. The zero-order valence-corrected chi connectivity index (χ0v) is 7.14. The van der Waals surface area contributed by atoms with Gasteiger partial charge in [0.15, 0.2) is 12.2 Å². The van der Waals surface area contributed by atoms with Crippen LogP contribution in [0.2, 0.25) is 0 Å². The summed E-state index contributed by atoms with van der Waals surface area (Å²) in [6, 6.07) is 0. The quantitative estimate of drug-likeness (QED) is 0.731. The van der Waals surface area contributed by atoms with Gasteiger partial charge in [-0.15, -0.1) is 0 Å². The summed E-state index contributed by atoms with van der Waals surface area (Å²) in [7, 11) is 1.87. The minimum atomic E-state index is -0.137. The molecule has 2 heterocycles. The summed E-state index contributed by atoms with van der Waals surface area (Å²) < 4.78 is 6.91. The Morgan fingerprint density at radius 3 is 3.00 bits per heavy atom. The van der Waals surface area contributed by atoms with Crippen molar-refractivity contribution in [3.05, 3.63) is 24.6 Å². The van der Waals surface area contributed by atoms with Crippen LogP contribution in [0.1, 0.15) is 5.69 Å². The zero-order valence-electron chi connectivity index (χ0n) is 7.14. The van der Waals surface area contributed by atoms with Crippen LogP contribution in [0.3, 0.4) is 0 Å². The molecular weight excluding hydrogens is 170 g/mol. The normalized spacial score (nSPS) is 10.6. The number of hydrogen-bond acceptors (Lipinski definition) is 4. The lowest BCUT2D eigenvalue weighted by atomic mass is 10.3. The number of aliphatic hydroxyl groups excluding tert-OH is 1. The van der Waals surface area contributed by atoms with Crippen LogP contribution in [0.4, 0.5) is 0 Å². The van der Waals surface area contributed by atoms with E-state index < -0.39 is 0 Å². The van der Waals surface area contributed by atoms with Gasteiger partial charge in [0, 0.05) is 13.2 Å². The molecule has 2 aromatic heterocycles. The molecule has 13 heavy (non-hydrogen) atoms. The summed E-state index contributed by atoms with van der Waals surface area (Å²) in [5, 5.41) is 8.92. The van der Waals surface area contributed by atoms with Crippen molar-refractivity contribution < 1.29 is 9.52 Å². The molecule has 2 rings (SSSR count). The predicted octanol–water partition coefficient (Wildman–Crippen LogP) is 0.567. The topological polar surface area (TPSA) is 64.1 Å². The van der Waals surface area contributed by atoms with Crippen molar-refractivity contribution in [2.75, 3.05) is 0 Å². The summed E-state index contributed by atoms with van der Waals surface area (Å²) in [4.78, 5) is 7.94. The fraction of sp³-hybridized carbons (Fsp3) is 0.250. The molecule has 0 saturated heterocycles. The Kier molecular flexibility index (Phi) is 1.86. The summed E-state index contributed by atoms with van der Waals surface area (Å²) >= 11 is 0. The van der Waals surface area contributed by atoms with Gasteiger partial charge >= 0.3 is 0 Å². The van der Waals surface area contributed by atoms with E-state index in [2.05, 4.69) is 9.97 Å². The SMILES string of the molecule is Cn1cnc(-c2ocnc2CO)c1. The van der Waals surface area contributed by atoms with Crippen LogP contribution in [-0.2, 0) is 13.7 Å². The van der Waals surface area contributed by atoms with Gasteiger partial charge in [0.1, 0.15) is 11.4 Å². The highest BCUT2D eigenvalue weighted by Gasteiger charge is 2.11. The summed E-state index contributed by atoms with van der Waals surface area (Å²) in [6.07, 6.45) is 4.77. The molecule has 0 unspecified atom stereocenters. The van der Waals surface area contributed by atoms with Gasteiger partial charge in [0.25, 0.3) is 0 Å². The standard InChI is InChI=1S/C8H9N3O2/c1-11-2-6(9-4-11)8-7(3-12)10-5-13-8/h2,4-5,12H,3H2,1H3. The highest BCUT2D eigenvalue weighted by Crippen LogP contribution is 2.20. The lowest BCUT2D eigenvalue weighted by Crippen LogP contribution is -1.86. The fourth-order valence-corrected chi connectivity index (χ4v) is 1.12. The lowest BCUT2D eigenvalue weighted by molar-refractivity contribution is 0.277. The van der Waals surface area contributed by atoms with E-state index >= 15 is 0 Å². The molecule has 0 saturated carbocycles. The smallest absolute Gasteiger partial charge is 0.181 e. The number of aryl methyl sites for hydroxylation is 1. The Labute approximate surface area is 74.7 Å². The first-order valence-electron chi connectivity index (χ1n) is 3.83. The van der Waals surface area contributed by atoms with Gasteiger partial charge in [0.05, 0.1) is 12.9 Å². The minimum Gasteiger partial charge on any atom is -0.441 e. The van der Waals surface area contributed by atoms with Gasteiger partial charge in [-0.25, -0.2) is 9.97 Å². The third-order valence-corrected chi connectivity index (χ3v) is 1.73. The fourth-order valence-electron chi connectivity index (χ4n) is 1.12. The second-order valence-corrected chi connectivity index (χ2v) is 2.71. The maximum absolute atomic E-state index is 8.92. The first-order chi connectivity index (χ1) is 6.31. The first-order valence-corrected chi connectivity index (χ1v) is 3.83. The van der Waals surface area contributed by atoms with Crippen molar-refractivity contribution >= 4 is 0 Å². The van der Waals surface area contributed by atoms with Crippen LogP contribution in [0, 0.1) is 0 Å². The van der Waals surface area contributed by atoms with Crippen molar-refractivity contribution in [1.82, 2.24) is 14.5 Å². The lowest BCUT2D eigenvalue weighted by Gasteiger charge is -1.91.